The fourth-order valence-electron chi connectivity index (χ4n) is 1.77. The van der Waals surface area contributed by atoms with Crippen LogP contribution in [-0.2, 0) is 4.84 Å². The van der Waals surface area contributed by atoms with Crippen molar-refractivity contribution in [3.05, 3.63) is 12.7 Å². The molecule has 1 aliphatic rings. The Bertz CT molecular complexity index is 136. The summed E-state index contributed by atoms with van der Waals surface area (Å²) in [7, 11) is 0. The zero-order valence-electron chi connectivity index (χ0n) is 7.54. The predicted molar refractivity (Wildman–Crippen MR) is 49.5 cm³/mol. The van der Waals surface area contributed by atoms with Crippen LogP contribution in [0.4, 0.5) is 0 Å². The Hall–Kier alpha value is -0.380. The van der Waals surface area contributed by atoms with Gasteiger partial charge in [0.2, 0.25) is 0 Å². The van der Waals surface area contributed by atoms with Crippen LogP contribution in [0.15, 0.2) is 12.7 Å². The number of nitrogens with two attached hydrogens (primary N) is 1. The summed E-state index contributed by atoms with van der Waals surface area (Å²) in [6.45, 7) is 6.49. The highest BCUT2D eigenvalue weighted by Gasteiger charge is 2.20. The van der Waals surface area contributed by atoms with Crippen LogP contribution in [0.2, 0.25) is 0 Å². The fourth-order valence-corrected chi connectivity index (χ4v) is 1.77. The number of hydrogen-bond acceptors (Lipinski definition) is 3. The van der Waals surface area contributed by atoms with Crippen LogP contribution in [0.5, 0.6) is 0 Å². The SMILES string of the molecule is C=CCN1CCCCC1CON. The summed E-state index contributed by atoms with van der Waals surface area (Å²) >= 11 is 0. The van der Waals surface area contributed by atoms with Crippen LogP contribution in [0.1, 0.15) is 19.3 Å². The van der Waals surface area contributed by atoms with Gasteiger partial charge in [-0.15, -0.1) is 6.58 Å². The van der Waals surface area contributed by atoms with Crippen LogP contribution in [-0.4, -0.2) is 30.6 Å². The fraction of sp³-hybridized carbons (Fsp3) is 0.778. The molecule has 0 radical (unpaired) electrons. The molecular formula is C9H18N2O. The first-order valence-corrected chi connectivity index (χ1v) is 4.55. The van der Waals surface area contributed by atoms with Crippen molar-refractivity contribution in [2.75, 3.05) is 19.7 Å². The minimum atomic E-state index is 0.502. The Morgan fingerprint density at radius 1 is 1.58 bits per heavy atom. The molecule has 1 heterocycles. The minimum absolute atomic E-state index is 0.502. The number of nitrogens with zero attached hydrogens (tertiary/aromatic N) is 1. The van der Waals surface area contributed by atoms with Crippen molar-refractivity contribution in [1.29, 1.82) is 0 Å². The van der Waals surface area contributed by atoms with Crippen LogP contribution >= 0.6 is 0 Å². The lowest BCUT2D eigenvalue weighted by molar-refractivity contribution is 0.0460. The first-order chi connectivity index (χ1) is 5.88. The Balaban J connectivity index is 2.36. The molecule has 2 N–H and O–H groups in total. The maximum atomic E-state index is 5.07. The topological polar surface area (TPSA) is 38.5 Å². The smallest absolute Gasteiger partial charge is 0.0834 e. The Morgan fingerprint density at radius 2 is 2.42 bits per heavy atom. The molecule has 0 aromatic rings. The molecule has 0 aliphatic carbocycles. The molecule has 0 spiro atoms. The average Bonchev–Trinajstić information content (AvgIpc) is 2.09. The van der Waals surface area contributed by atoms with E-state index in [-0.39, 0.29) is 0 Å². The second kappa shape index (κ2) is 5.30. The monoisotopic (exact) mass is 170 g/mol. The first kappa shape index (κ1) is 9.71. The van der Waals surface area contributed by atoms with E-state index in [9.17, 15) is 0 Å². The molecule has 0 saturated carbocycles. The molecule has 1 rings (SSSR count). The van der Waals surface area contributed by atoms with Gasteiger partial charge < -0.3 is 4.84 Å². The van der Waals surface area contributed by atoms with E-state index < -0.39 is 0 Å². The standard InChI is InChI=1S/C9H18N2O/c1-2-6-11-7-4-3-5-9(11)8-12-10/h2,9H,1,3-8,10H2. The van der Waals surface area contributed by atoms with Gasteiger partial charge in [0.15, 0.2) is 0 Å². The highest BCUT2D eigenvalue weighted by Crippen LogP contribution is 2.16. The summed E-state index contributed by atoms with van der Waals surface area (Å²) in [5, 5.41) is 0. The molecular weight excluding hydrogens is 152 g/mol. The summed E-state index contributed by atoms with van der Waals surface area (Å²) < 4.78 is 0. The molecule has 1 aliphatic heterocycles. The molecule has 12 heavy (non-hydrogen) atoms. The predicted octanol–water partition coefficient (Wildman–Crippen LogP) is 0.917. The van der Waals surface area contributed by atoms with Crippen LogP contribution in [0.25, 0.3) is 0 Å². The largest absolute Gasteiger partial charge is 0.303 e. The van der Waals surface area contributed by atoms with Crippen molar-refractivity contribution < 1.29 is 4.84 Å². The Morgan fingerprint density at radius 3 is 3.08 bits per heavy atom. The Labute approximate surface area is 74.1 Å². The lowest BCUT2D eigenvalue weighted by Crippen LogP contribution is -2.42. The molecule has 1 fully saturated rings. The van der Waals surface area contributed by atoms with Gasteiger partial charge in [-0.3, -0.25) is 4.90 Å². The summed E-state index contributed by atoms with van der Waals surface area (Å²) in [6.07, 6.45) is 5.72. The number of hydrogen-bond donors (Lipinski definition) is 1. The third-order valence-corrected chi connectivity index (χ3v) is 2.40. The van der Waals surface area contributed by atoms with Crippen molar-refractivity contribution in [3.63, 3.8) is 0 Å². The lowest BCUT2D eigenvalue weighted by Gasteiger charge is -2.34. The molecule has 0 amide bonds. The molecule has 3 nitrogen and oxygen atoms in total. The maximum absolute atomic E-state index is 5.07. The normalized spacial score (nSPS) is 25.6. The molecule has 0 aromatic carbocycles. The lowest BCUT2D eigenvalue weighted by atomic mass is 10.0. The van der Waals surface area contributed by atoms with Crippen molar-refractivity contribution in [2.24, 2.45) is 5.90 Å². The third-order valence-electron chi connectivity index (χ3n) is 2.40. The van der Waals surface area contributed by atoms with E-state index in [1.807, 2.05) is 6.08 Å². The van der Waals surface area contributed by atoms with Crippen molar-refractivity contribution in [1.82, 2.24) is 4.90 Å². The zero-order valence-corrected chi connectivity index (χ0v) is 7.54. The van der Waals surface area contributed by atoms with Crippen molar-refractivity contribution >= 4 is 0 Å². The summed E-state index contributed by atoms with van der Waals surface area (Å²) in [5.41, 5.74) is 0. The number of piperidine rings is 1. The molecule has 70 valence electrons. The van der Waals surface area contributed by atoms with Gasteiger partial charge in [0.25, 0.3) is 0 Å². The highest BCUT2D eigenvalue weighted by molar-refractivity contribution is 4.82. The van der Waals surface area contributed by atoms with Gasteiger partial charge in [-0.1, -0.05) is 12.5 Å². The van der Waals surface area contributed by atoms with Gasteiger partial charge in [-0.05, 0) is 19.4 Å². The van der Waals surface area contributed by atoms with Gasteiger partial charge >= 0.3 is 0 Å². The molecule has 0 aromatic heterocycles. The molecule has 3 heteroatoms. The summed E-state index contributed by atoms with van der Waals surface area (Å²) in [4.78, 5) is 7.06. The van der Waals surface area contributed by atoms with Crippen molar-refractivity contribution in [3.8, 4) is 0 Å². The third kappa shape index (κ3) is 2.59. The number of rotatable bonds is 4. The van der Waals surface area contributed by atoms with Gasteiger partial charge in [-0.2, -0.15) is 0 Å². The van der Waals surface area contributed by atoms with Crippen molar-refractivity contribution in [2.45, 2.75) is 25.3 Å². The molecule has 1 unspecified atom stereocenters. The molecule has 0 bridgehead atoms. The van der Waals surface area contributed by atoms with Gasteiger partial charge in [-0.25, -0.2) is 5.90 Å². The van der Waals surface area contributed by atoms with E-state index in [0.29, 0.717) is 12.6 Å². The van der Waals surface area contributed by atoms with Crippen LogP contribution in [0, 0.1) is 0 Å². The second-order valence-corrected chi connectivity index (χ2v) is 3.27. The van der Waals surface area contributed by atoms with E-state index in [1.54, 1.807) is 0 Å². The quantitative estimate of drug-likeness (QED) is 0.503. The van der Waals surface area contributed by atoms with Crippen LogP contribution in [0.3, 0.4) is 0 Å². The second-order valence-electron chi connectivity index (χ2n) is 3.27. The Kier molecular flexibility index (Phi) is 4.29. The van der Waals surface area contributed by atoms with Crippen LogP contribution < -0.4 is 5.90 Å². The van der Waals surface area contributed by atoms with Gasteiger partial charge in [0.1, 0.15) is 0 Å². The zero-order chi connectivity index (χ0) is 8.81. The van der Waals surface area contributed by atoms with E-state index in [1.165, 1.54) is 19.3 Å². The average molecular weight is 170 g/mol. The van der Waals surface area contributed by atoms with E-state index >= 15 is 0 Å². The molecule has 1 saturated heterocycles. The van der Waals surface area contributed by atoms with E-state index in [4.69, 9.17) is 5.90 Å². The van der Waals surface area contributed by atoms with E-state index in [2.05, 4.69) is 16.3 Å². The molecule has 1 atom stereocenters. The summed E-state index contributed by atoms with van der Waals surface area (Å²) in [6, 6.07) is 0.502. The first-order valence-electron chi connectivity index (χ1n) is 4.55. The minimum Gasteiger partial charge on any atom is -0.303 e. The van der Waals surface area contributed by atoms with E-state index in [0.717, 1.165) is 13.1 Å². The number of likely N-dealkylation sites (tertiary alicyclic amines) is 1. The van der Waals surface area contributed by atoms with Gasteiger partial charge in [0, 0.05) is 12.6 Å². The van der Waals surface area contributed by atoms with Gasteiger partial charge in [0.05, 0.1) is 6.61 Å². The highest BCUT2D eigenvalue weighted by atomic mass is 16.6. The summed E-state index contributed by atoms with van der Waals surface area (Å²) in [5.74, 6) is 5.07. The maximum Gasteiger partial charge on any atom is 0.0834 e.